The molecular formula is C22H22BrFN8O4S. The van der Waals surface area contributed by atoms with Crippen molar-refractivity contribution in [1.29, 1.82) is 0 Å². The van der Waals surface area contributed by atoms with E-state index in [1.807, 2.05) is 0 Å². The van der Waals surface area contributed by atoms with Crippen LogP contribution in [0.3, 0.4) is 0 Å². The predicted molar refractivity (Wildman–Crippen MR) is 136 cm³/mol. The van der Waals surface area contributed by atoms with Gasteiger partial charge in [0.25, 0.3) is 0 Å². The van der Waals surface area contributed by atoms with Crippen molar-refractivity contribution in [3.05, 3.63) is 59.0 Å². The summed E-state index contributed by atoms with van der Waals surface area (Å²) in [5.74, 6) is -0.219. The van der Waals surface area contributed by atoms with Gasteiger partial charge in [-0.05, 0) is 41.1 Å². The second-order valence-electron chi connectivity index (χ2n) is 7.81. The number of pyridine rings is 2. The van der Waals surface area contributed by atoms with Crippen molar-refractivity contribution in [2.75, 3.05) is 18.9 Å². The molecule has 0 bridgehead atoms. The predicted octanol–water partition coefficient (Wildman–Crippen LogP) is 3.37. The fraction of sp³-hybridized carbons (Fsp3) is 0.273. The minimum atomic E-state index is -4.09. The van der Waals surface area contributed by atoms with Crippen LogP contribution < -0.4 is 14.2 Å². The number of ether oxygens (including phenoxy) is 2. The molecule has 4 aromatic rings. The van der Waals surface area contributed by atoms with Gasteiger partial charge in [-0.3, -0.25) is 4.72 Å². The Morgan fingerprint density at radius 3 is 2.43 bits per heavy atom. The summed E-state index contributed by atoms with van der Waals surface area (Å²) < 4.78 is 55.1. The highest BCUT2D eigenvalue weighted by Gasteiger charge is 2.32. The molecule has 2 atom stereocenters. The molecule has 0 amide bonds. The molecule has 15 heteroatoms. The molecule has 0 aromatic carbocycles. The molecule has 0 aliphatic rings. The zero-order valence-corrected chi connectivity index (χ0v) is 22.5. The molecule has 0 unspecified atom stereocenters. The highest BCUT2D eigenvalue weighted by atomic mass is 79.9. The van der Waals surface area contributed by atoms with Crippen LogP contribution in [0.4, 0.5) is 10.3 Å². The van der Waals surface area contributed by atoms with E-state index in [9.17, 15) is 12.8 Å². The van der Waals surface area contributed by atoms with Gasteiger partial charge in [0.1, 0.15) is 16.1 Å². The Hall–Kier alpha value is -3.72. The number of rotatable bonds is 9. The number of halogens is 2. The van der Waals surface area contributed by atoms with Gasteiger partial charge in [-0.1, -0.05) is 13.0 Å². The van der Waals surface area contributed by atoms with Gasteiger partial charge in [0.2, 0.25) is 21.9 Å². The average molecular weight is 593 g/mol. The third kappa shape index (κ3) is 5.51. The minimum Gasteiger partial charge on any atom is -0.493 e. The van der Waals surface area contributed by atoms with E-state index in [1.165, 1.54) is 25.7 Å². The molecule has 4 rings (SSSR count). The Kier molecular flexibility index (Phi) is 7.63. The second-order valence-corrected chi connectivity index (χ2v) is 10.7. The van der Waals surface area contributed by atoms with Crippen LogP contribution in [0.2, 0.25) is 0 Å². The fourth-order valence-electron chi connectivity index (χ4n) is 3.36. The summed E-state index contributed by atoms with van der Waals surface area (Å²) in [4.78, 5) is 16.7. The van der Waals surface area contributed by atoms with E-state index in [0.29, 0.717) is 21.9 Å². The van der Waals surface area contributed by atoms with Crippen molar-refractivity contribution in [3.63, 3.8) is 0 Å². The first-order valence-corrected chi connectivity index (χ1v) is 13.2. The van der Waals surface area contributed by atoms with Crippen LogP contribution in [-0.2, 0) is 10.0 Å². The average Bonchev–Trinajstić information content (AvgIpc) is 3.30. The minimum absolute atomic E-state index is 0.150. The normalized spacial score (nSPS) is 13.1. The Balaban J connectivity index is 1.81. The Morgan fingerprint density at radius 2 is 1.76 bits per heavy atom. The summed E-state index contributed by atoms with van der Waals surface area (Å²) in [5, 5.41) is 7.25. The monoisotopic (exact) mass is 592 g/mol. The lowest BCUT2D eigenvalue weighted by molar-refractivity contribution is 0.398. The lowest BCUT2D eigenvalue weighted by Crippen LogP contribution is -2.31. The third-order valence-corrected chi connectivity index (χ3v) is 7.83. The number of hydrogen-bond acceptors (Lipinski definition) is 10. The second kappa shape index (κ2) is 10.7. The fourth-order valence-corrected chi connectivity index (χ4v) is 4.89. The molecule has 0 saturated heterocycles. The number of anilines is 1. The van der Waals surface area contributed by atoms with Gasteiger partial charge in [-0.2, -0.15) is 0 Å². The van der Waals surface area contributed by atoms with Gasteiger partial charge in [-0.25, -0.2) is 37.3 Å². The van der Waals surface area contributed by atoms with E-state index in [-0.39, 0.29) is 23.4 Å². The topological polar surface area (TPSA) is 147 Å². The molecule has 1 N–H and O–H groups in total. The maximum atomic E-state index is 13.4. The molecule has 0 fully saturated rings. The van der Waals surface area contributed by atoms with Crippen LogP contribution in [0, 0.1) is 5.82 Å². The van der Waals surface area contributed by atoms with Crippen molar-refractivity contribution in [2.45, 2.75) is 25.0 Å². The quantitative estimate of drug-likeness (QED) is 0.287. The van der Waals surface area contributed by atoms with Gasteiger partial charge in [0.05, 0.1) is 31.9 Å². The van der Waals surface area contributed by atoms with Crippen LogP contribution in [0.25, 0.3) is 17.3 Å². The molecule has 0 aliphatic carbocycles. The van der Waals surface area contributed by atoms with Crippen LogP contribution in [-0.4, -0.2) is 62.6 Å². The van der Waals surface area contributed by atoms with Crippen LogP contribution >= 0.6 is 15.9 Å². The number of hydrogen-bond donors (Lipinski definition) is 1. The molecule has 0 radical (unpaired) electrons. The van der Waals surface area contributed by atoms with E-state index >= 15 is 0 Å². The molecule has 0 spiro atoms. The van der Waals surface area contributed by atoms with Gasteiger partial charge >= 0.3 is 0 Å². The first kappa shape index (κ1) is 26.3. The van der Waals surface area contributed by atoms with Gasteiger partial charge in [-0.15, -0.1) is 10.2 Å². The van der Waals surface area contributed by atoms with E-state index in [1.54, 1.807) is 37.3 Å². The Labute approximate surface area is 220 Å². The zero-order chi connectivity index (χ0) is 26.7. The van der Waals surface area contributed by atoms with Crippen LogP contribution in [0.1, 0.15) is 25.6 Å². The SMILES string of the molecule is COc1cccc(-c2nnc(NS(=O)(=O)[C@@H](C)[C@H](C)c3ncc(F)cn3)n2-c2nc(Br)ccc2OC)n1. The standard InChI is InChI=1S/C22H22BrFN8O4S/c1-12(19-25-10-14(24)11-26-19)13(2)37(33,34)31-22-30-29-20(15-6-5-7-18(27-15)36-4)32(22)21-16(35-3)8-9-17(23)28-21/h5-13H,1-4H3,(H,30,31)/t12-,13-/m0/s1. The molecule has 0 aliphatic heterocycles. The lowest BCUT2D eigenvalue weighted by Gasteiger charge is -2.20. The maximum Gasteiger partial charge on any atom is 0.244 e. The van der Waals surface area contributed by atoms with Crippen LogP contribution in [0.5, 0.6) is 11.6 Å². The van der Waals surface area contributed by atoms with Crippen molar-refractivity contribution < 1.29 is 22.3 Å². The van der Waals surface area contributed by atoms with Gasteiger partial charge < -0.3 is 9.47 Å². The first-order valence-electron chi connectivity index (χ1n) is 10.8. The number of methoxy groups -OCH3 is 2. The Bertz CT molecular complexity index is 1520. The van der Waals surface area contributed by atoms with E-state index < -0.39 is 27.0 Å². The summed E-state index contributed by atoms with van der Waals surface area (Å²) >= 11 is 3.34. The molecule has 0 saturated carbocycles. The lowest BCUT2D eigenvalue weighted by atomic mass is 10.1. The molecule has 4 aromatic heterocycles. The summed E-state index contributed by atoms with van der Waals surface area (Å²) in [6.45, 7) is 3.12. The van der Waals surface area contributed by atoms with Crippen LogP contribution in [0.15, 0.2) is 47.3 Å². The summed E-state index contributed by atoms with van der Waals surface area (Å²) in [7, 11) is -1.15. The molecular weight excluding hydrogens is 571 g/mol. The first-order chi connectivity index (χ1) is 17.6. The smallest absolute Gasteiger partial charge is 0.244 e. The third-order valence-electron chi connectivity index (χ3n) is 5.54. The number of aromatic nitrogens is 7. The van der Waals surface area contributed by atoms with Crippen molar-refractivity contribution in [3.8, 4) is 29.0 Å². The largest absolute Gasteiger partial charge is 0.493 e. The molecule has 4 heterocycles. The van der Waals surface area contributed by atoms with E-state index in [0.717, 1.165) is 12.4 Å². The van der Waals surface area contributed by atoms with E-state index in [2.05, 4.69) is 50.8 Å². The van der Waals surface area contributed by atoms with Gasteiger partial charge in [0.15, 0.2) is 23.2 Å². The number of nitrogens with zero attached hydrogens (tertiary/aromatic N) is 7. The van der Waals surface area contributed by atoms with Crippen molar-refractivity contribution in [2.24, 2.45) is 0 Å². The molecule has 194 valence electrons. The highest BCUT2D eigenvalue weighted by Crippen LogP contribution is 2.32. The highest BCUT2D eigenvalue weighted by molar-refractivity contribution is 9.10. The molecule has 12 nitrogen and oxygen atoms in total. The van der Waals surface area contributed by atoms with Crippen molar-refractivity contribution >= 4 is 31.9 Å². The zero-order valence-electron chi connectivity index (χ0n) is 20.1. The Morgan fingerprint density at radius 1 is 1.03 bits per heavy atom. The van der Waals surface area contributed by atoms with Gasteiger partial charge in [0, 0.05) is 12.0 Å². The maximum absolute atomic E-state index is 13.4. The van der Waals surface area contributed by atoms with Crippen molar-refractivity contribution in [1.82, 2.24) is 34.7 Å². The summed E-state index contributed by atoms with van der Waals surface area (Å²) in [6.07, 6.45) is 1.97. The number of sulfonamides is 1. The molecule has 37 heavy (non-hydrogen) atoms. The van der Waals surface area contributed by atoms with E-state index in [4.69, 9.17) is 9.47 Å². The number of nitrogens with one attached hydrogen (secondary N) is 1. The summed E-state index contributed by atoms with van der Waals surface area (Å²) in [5.41, 5.74) is 0.349. The summed E-state index contributed by atoms with van der Waals surface area (Å²) in [6, 6.07) is 8.37.